The predicted octanol–water partition coefficient (Wildman–Crippen LogP) is 2.62. The molecule has 1 saturated heterocycles. The topological polar surface area (TPSA) is 94.0 Å². The van der Waals surface area contributed by atoms with Crippen LogP contribution in [0.15, 0.2) is 48.5 Å². The number of anilines is 1. The average molecular weight is 314 g/mol. The first-order chi connectivity index (χ1) is 11.1. The molecule has 0 aromatic heterocycles. The van der Waals surface area contributed by atoms with Gasteiger partial charge in [-0.25, -0.2) is 0 Å². The van der Waals surface area contributed by atoms with Crippen molar-refractivity contribution in [3.05, 3.63) is 64.2 Å². The van der Waals surface area contributed by atoms with Crippen molar-refractivity contribution in [1.82, 2.24) is 0 Å². The number of benzene rings is 2. The third-order valence-electron chi connectivity index (χ3n) is 3.29. The molecule has 7 nitrogen and oxygen atoms in total. The van der Waals surface area contributed by atoms with Crippen LogP contribution in [0, 0.1) is 10.1 Å². The largest absolute Gasteiger partial charge is 0.483 e. The molecule has 1 unspecified atom stereocenters. The number of nitro benzene ring substituents is 1. The zero-order valence-corrected chi connectivity index (χ0v) is 12.1. The fourth-order valence-corrected chi connectivity index (χ4v) is 2.04. The highest BCUT2D eigenvalue weighted by atomic mass is 16.6. The molecule has 3 rings (SSSR count). The van der Waals surface area contributed by atoms with Gasteiger partial charge < -0.3 is 14.8 Å². The monoisotopic (exact) mass is 314 g/mol. The van der Waals surface area contributed by atoms with Crippen LogP contribution in [0.3, 0.4) is 0 Å². The van der Waals surface area contributed by atoms with Crippen LogP contribution in [-0.4, -0.2) is 30.1 Å². The van der Waals surface area contributed by atoms with Gasteiger partial charge in [0, 0.05) is 11.6 Å². The fraction of sp³-hybridized carbons (Fsp3) is 0.188. The number of rotatable bonds is 6. The molecule has 1 amide bonds. The molecule has 7 heteroatoms. The predicted molar refractivity (Wildman–Crippen MR) is 82.7 cm³/mol. The van der Waals surface area contributed by atoms with Gasteiger partial charge in [-0.1, -0.05) is 24.3 Å². The number of nitrogens with zero attached hydrogens (tertiary/aromatic N) is 1. The van der Waals surface area contributed by atoms with Crippen LogP contribution in [0.1, 0.15) is 10.4 Å². The van der Waals surface area contributed by atoms with Crippen LogP contribution in [0.5, 0.6) is 5.75 Å². The minimum Gasteiger partial charge on any atom is -0.483 e. The van der Waals surface area contributed by atoms with Crippen molar-refractivity contribution in [3.8, 4) is 5.75 Å². The van der Waals surface area contributed by atoms with Crippen molar-refractivity contribution >= 4 is 17.3 Å². The van der Waals surface area contributed by atoms with Gasteiger partial charge >= 0.3 is 5.69 Å². The molecule has 2 aromatic carbocycles. The summed E-state index contributed by atoms with van der Waals surface area (Å²) in [6.07, 6.45) is -0.0486. The summed E-state index contributed by atoms with van der Waals surface area (Å²) in [5, 5.41) is 13.8. The molecule has 2 aromatic rings. The van der Waals surface area contributed by atoms with Crippen molar-refractivity contribution < 1.29 is 19.2 Å². The zero-order valence-electron chi connectivity index (χ0n) is 12.1. The molecule has 0 saturated carbocycles. The van der Waals surface area contributed by atoms with E-state index in [0.717, 1.165) is 0 Å². The van der Waals surface area contributed by atoms with Crippen LogP contribution >= 0.6 is 0 Å². The Morgan fingerprint density at radius 3 is 2.65 bits per heavy atom. The van der Waals surface area contributed by atoms with E-state index in [2.05, 4.69) is 5.32 Å². The molecule has 23 heavy (non-hydrogen) atoms. The van der Waals surface area contributed by atoms with E-state index in [1.807, 2.05) is 0 Å². The SMILES string of the molecule is O=C(Nc1cccc([N+](=O)[O-])c1OCC1CO1)c1ccccc1. The molecule has 0 spiro atoms. The third-order valence-corrected chi connectivity index (χ3v) is 3.29. The number of hydrogen-bond acceptors (Lipinski definition) is 5. The first kappa shape index (κ1) is 15.0. The Hall–Kier alpha value is -2.93. The zero-order chi connectivity index (χ0) is 16.2. The fourth-order valence-electron chi connectivity index (χ4n) is 2.04. The van der Waals surface area contributed by atoms with E-state index in [-0.39, 0.29) is 35.7 Å². The van der Waals surface area contributed by atoms with E-state index in [1.54, 1.807) is 36.4 Å². The summed E-state index contributed by atoms with van der Waals surface area (Å²) in [5.74, 6) is -0.323. The van der Waals surface area contributed by atoms with Crippen LogP contribution in [0.2, 0.25) is 0 Å². The van der Waals surface area contributed by atoms with Crippen LogP contribution in [-0.2, 0) is 4.74 Å². The minimum absolute atomic E-state index is 0.0391. The summed E-state index contributed by atoms with van der Waals surface area (Å²) >= 11 is 0. The number of ether oxygens (including phenoxy) is 2. The second-order valence-corrected chi connectivity index (χ2v) is 5.00. The number of nitro groups is 1. The Labute approximate surface area is 132 Å². The Bertz CT molecular complexity index is 729. The van der Waals surface area contributed by atoms with Crippen LogP contribution in [0.25, 0.3) is 0 Å². The summed E-state index contributed by atoms with van der Waals surface area (Å²) in [4.78, 5) is 22.9. The third kappa shape index (κ3) is 3.64. The number of carbonyl (C=O) groups excluding carboxylic acids is 1. The average Bonchev–Trinajstić information content (AvgIpc) is 3.38. The molecule has 1 atom stereocenters. The van der Waals surface area contributed by atoms with Gasteiger partial charge in [-0.3, -0.25) is 14.9 Å². The first-order valence-electron chi connectivity index (χ1n) is 7.03. The quantitative estimate of drug-likeness (QED) is 0.502. The van der Waals surface area contributed by atoms with Gasteiger partial charge in [0.1, 0.15) is 12.7 Å². The van der Waals surface area contributed by atoms with Crippen molar-refractivity contribution in [1.29, 1.82) is 0 Å². The molecule has 0 aliphatic carbocycles. The minimum atomic E-state index is -0.540. The van der Waals surface area contributed by atoms with E-state index in [1.165, 1.54) is 12.1 Å². The van der Waals surface area contributed by atoms with Gasteiger partial charge in [0.05, 0.1) is 17.2 Å². The van der Waals surface area contributed by atoms with E-state index in [4.69, 9.17) is 9.47 Å². The van der Waals surface area contributed by atoms with E-state index < -0.39 is 4.92 Å². The van der Waals surface area contributed by atoms with E-state index in [9.17, 15) is 14.9 Å². The molecule has 0 bridgehead atoms. The Morgan fingerprint density at radius 2 is 2.00 bits per heavy atom. The molecule has 1 N–H and O–H groups in total. The first-order valence-corrected chi connectivity index (χ1v) is 7.03. The number of carbonyl (C=O) groups is 1. The maximum atomic E-state index is 12.2. The Balaban J connectivity index is 1.86. The maximum absolute atomic E-state index is 12.2. The number of nitrogens with one attached hydrogen (secondary N) is 1. The molecular weight excluding hydrogens is 300 g/mol. The van der Waals surface area contributed by atoms with Gasteiger partial charge in [-0.05, 0) is 18.2 Å². The number of amides is 1. The van der Waals surface area contributed by atoms with E-state index in [0.29, 0.717) is 12.2 Å². The number of epoxide rings is 1. The number of para-hydroxylation sites is 1. The van der Waals surface area contributed by atoms with Gasteiger partial charge in [0.25, 0.3) is 5.91 Å². The normalized spacial score (nSPS) is 15.7. The lowest BCUT2D eigenvalue weighted by Gasteiger charge is -2.12. The summed E-state index contributed by atoms with van der Waals surface area (Å²) < 4.78 is 10.5. The molecule has 0 radical (unpaired) electrons. The number of hydrogen-bond donors (Lipinski definition) is 1. The molecular formula is C16H14N2O5. The molecule has 1 aliphatic heterocycles. The van der Waals surface area contributed by atoms with Crippen LogP contribution in [0.4, 0.5) is 11.4 Å². The highest BCUT2D eigenvalue weighted by molar-refractivity contribution is 6.05. The molecule has 1 heterocycles. The highest BCUT2D eigenvalue weighted by Gasteiger charge is 2.27. The molecule has 118 valence electrons. The van der Waals surface area contributed by atoms with Crippen molar-refractivity contribution in [2.24, 2.45) is 0 Å². The highest BCUT2D eigenvalue weighted by Crippen LogP contribution is 2.35. The second kappa shape index (κ2) is 6.45. The van der Waals surface area contributed by atoms with Crippen molar-refractivity contribution in [2.45, 2.75) is 6.10 Å². The Morgan fingerprint density at radius 1 is 1.26 bits per heavy atom. The summed E-state index contributed by atoms with van der Waals surface area (Å²) in [6.45, 7) is 0.783. The van der Waals surface area contributed by atoms with Gasteiger partial charge in [0.15, 0.2) is 0 Å². The van der Waals surface area contributed by atoms with E-state index >= 15 is 0 Å². The van der Waals surface area contributed by atoms with Crippen molar-refractivity contribution in [2.75, 3.05) is 18.5 Å². The lowest BCUT2D eigenvalue weighted by atomic mass is 10.2. The summed E-state index contributed by atoms with van der Waals surface area (Å²) in [5.41, 5.74) is 0.515. The summed E-state index contributed by atoms with van der Waals surface area (Å²) in [6, 6.07) is 13.0. The van der Waals surface area contributed by atoms with Gasteiger partial charge in [-0.2, -0.15) is 0 Å². The maximum Gasteiger partial charge on any atom is 0.313 e. The van der Waals surface area contributed by atoms with Crippen molar-refractivity contribution in [3.63, 3.8) is 0 Å². The second-order valence-electron chi connectivity index (χ2n) is 5.00. The van der Waals surface area contributed by atoms with Gasteiger partial charge in [0.2, 0.25) is 5.75 Å². The lowest BCUT2D eigenvalue weighted by Crippen LogP contribution is -2.14. The summed E-state index contributed by atoms with van der Waals surface area (Å²) in [7, 11) is 0. The molecule has 1 fully saturated rings. The lowest BCUT2D eigenvalue weighted by molar-refractivity contribution is -0.385. The van der Waals surface area contributed by atoms with Gasteiger partial charge in [-0.15, -0.1) is 0 Å². The van der Waals surface area contributed by atoms with Crippen LogP contribution < -0.4 is 10.1 Å². The Kier molecular flexibility index (Phi) is 4.20. The smallest absolute Gasteiger partial charge is 0.313 e. The molecule has 1 aliphatic rings. The standard InChI is InChI=1S/C16H14N2O5/c19-16(11-5-2-1-3-6-11)17-13-7-4-8-14(18(20)21)15(13)23-10-12-9-22-12/h1-8,12H,9-10H2,(H,17,19).